The lowest BCUT2D eigenvalue weighted by Crippen LogP contribution is -1.98. The maximum absolute atomic E-state index is 5.99. The minimum atomic E-state index is 0.417. The molecule has 0 aromatic heterocycles. The Kier molecular flexibility index (Phi) is 3.95. The molecule has 0 unspecified atom stereocenters. The summed E-state index contributed by atoms with van der Waals surface area (Å²) >= 11 is 17.9. The van der Waals surface area contributed by atoms with E-state index in [4.69, 9.17) is 40.5 Å². The molecule has 1 nitrogen and oxygen atoms in total. The predicted octanol–water partition coefficient (Wildman–Crippen LogP) is 4.77. The van der Waals surface area contributed by atoms with Gasteiger partial charge in [-0.3, -0.25) is 0 Å². The highest BCUT2D eigenvalue weighted by Gasteiger charge is 2.06. The quantitative estimate of drug-likeness (QED) is 0.845. The third-order valence-corrected chi connectivity index (χ3v) is 3.13. The maximum Gasteiger partial charge on any atom is 0.0426 e. The van der Waals surface area contributed by atoms with Gasteiger partial charge in [0.25, 0.3) is 0 Å². The second-order valence-electron chi connectivity index (χ2n) is 3.66. The number of hydrogen-bond donors (Lipinski definition) is 1. The van der Waals surface area contributed by atoms with Crippen LogP contribution in [0.15, 0.2) is 36.4 Å². The van der Waals surface area contributed by atoms with Crippen LogP contribution in [0, 0.1) is 0 Å². The van der Waals surface area contributed by atoms with Crippen LogP contribution < -0.4 is 5.73 Å². The van der Waals surface area contributed by atoms with Crippen LogP contribution in [0.3, 0.4) is 0 Å². The Labute approximate surface area is 115 Å². The monoisotopic (exact) mass is 285 g/mol. The van der Waals surface area contributed by atoms with Gasteiger partial charge in [-0.1, -0.05) is 40.9 Å². The fourth-order valence-electron chi connectivity index (χ4n) is 1.72. The van der Waals surface area contributed by atoms with E-state index in [2.05, 4.69) is 0 Å². The summed E-state index contributed by atoms with van der Waals surface area (Å²) in [4.78, 5) is 0. The highest BCUT2D eigenvalue weighted by Crippen LogP contribution is 2.30. The fraction of sp³-hybridized carbons (Fsp3) is 0.0769. The molecule has 0 fully saturated rings. The summed E-state index contributed by atoms with van der Waals surface area (Å²) < 4.78 is 0. The summed E-state index contributed by atoms with van der Waals surface area (Å²) in [6.07, 6.45) is 0. The van der Waals surface area contributed by atoms with Crippen LogP contribution in [0.4, 0.5) is 0 Å². The molecule has 0 aliphatic heterocycles. The lowest BCUT2D eigenvalue weighted by molar-refractivity contribution is 1.07. The Morgan fingerprint density at radius 3 is 2.06 bits per heavy atom. The number of hydrogen-bond acceptors (Lipinski definition) is 1. The summed E-state index contributed by atoms with van der Waals surface area (Å²) in [5.74, 6) is 0. The molecule has 0 aliphatic rings. The van der Waals surface area contributed by atoms with Crippen molar-refractivity contribution in [1.82, 2.24) is 0 Å². The van der Waals surface area contributed by atoms with Gasteiger partial charge in [-0.15, -0.1) is 0 Å². The molecular weight excluding hydrogens is 277 g/mol. The zero-order valence-corrected chi connectivity index (χ0v) is 11.2. The average molecular weight is 287 g/mol. The Morgan fingerprint density at radius 1 is 0.824 bits per heavy atom. The molecule has 4 heteroatoms. The molecule has 0 aliphatic carbocycles. The normalized spacial score (nSPS) is 10.6. The molecule has 0 bridgehead atoms. The van der Waals surface area contributed by atoms with Crippen LogP contribution in [-0.2, 0) is 6.54 Å². The topological polar surface area (TPSA) is 26.0 Å². The molecule has 0 spiro atoms. The second kappa shape index (κ2) is 5.28. The SMILES string of the molecule is NCc1cc(Cl)ccc1-c1cc(Cl)cc(Cl)c1. The first-order valence-corrected chi connectivity index (χ1v) is 6.18. The van der Waals surface area contributed by atoms with E-state index in [0.717, 1.165) is 16.7 Å². The molecule has 17 heavy (non-hydrogen) atoms. The molecule has 0 heterocycles. The van der Waals surface area contributed by atoms with Crippen molar-refractivity contribution in [3.05, 3.63) is 57.0 Å². The van der Waals surface area contributed by atoms with E-state index in [1.165, 1.54) is 0 Å². The largest absolute Gasteiger partial charge is 0.326 e. The average Bonchev–Trinajstić information content (AvgIpc) is 2.27. The van der Waals surface area contributed by atoms with Crippen LogP contribution in [0.1, 0.15) is 5.56 Å². The lowest BCUT2D eigenvalue weighted by Gasteiger charge is -2.09. The number of halogens is 3. The molecule has 88 valence electrons. The smallest absolute Gasteiger partial charge is 0.0426 e. The highest BCUT2D eigenvalue weighted by molar-refractivity contribution is 6.35. The minimum Gasteiger partial charge on any atom is -0.326 e. The summed E-state index contributed by atoms with van der Waals surface area (Å²) in [5, 5.41) is 1.87. The van der Waals surface area contributed by atoms with Crippen LogP contribution >= 0.6 is 34.8 Å². The molecule has 0 atom stereocenters. The first kappa shape index (κ1) is 12.7. The van der Waals surface area contributed by atoms with Crippen LogP contribution in [0.25, 0.3) is 11.1 Å². The molecule has 2 aromatic carbocycles. The van der Waals surface area contributed by atoms with Crippen LogP contribution in [0.5, 0.6) is 0 Å². The van der Waals surface area contributed by atoms with Gasteiger partial charge in [0.1, 0.15) is 0 Å². The van der Waals surface area contributed by atoms with Gasteiger partial charge in [0.2, 0.25) is 0 Å². The van der Waals surface area contributed by atoms with Crippen molar-refractivity contribution in [2.75, 3.05) is 0 Å². The Balaban J connectivity index is 2.59. The van der Waals surface area contributed by atoms with Crippen molar-refractivity contribution in [1.29, 1.82) is 0 Å². The first-order valence-electron chi connectivity index (χ1n) is 5.05. The zero-order valence-electron chi connectivity index (χ0n) is 8.88. The Morgan fingerprint density at radius 2 is 1.47 bits per heavy atom. The fourth-order valence-corrected chi connectivity index (χ4v) is 2.44. The van der Waals surface area contributed by atoms with Gasteiger partial charge in [-0.05, 0) is 47.0 Å². The van der Waals surface area contributed by atoms with E-state index in [-0.39, 0.29) is 0 Å². The van der Waals surface area contributed by atoms with Gasteiger partial charge < -0.3 is 5.73 Å². The lowest BCUT2D eigenvalue weighted by atomic mass is 10.00. The van der Waals surface area contributed by atoms with E-state index in [1.54, 1.807) is 6.07 Å². The van der Waals surface area contributed by atoms with Crippen molar-refractivity contribution in [3.8, 4) is 11.1 Å². The number of rotatable bonds is 2. The summed E-state index contributed by atoms with van der Waals surface area (Å²) in [6.45, 7) is 0.417. The van der Waals surface area contributed by atoms with E-state index >= 15 is 0 Å². The zero-order chi connectivity index (χ0) is 12.4. The van der Waals surface area contributed by atoms with Gasteiger partial charge in [-0.25, -0.2) is 0 Å². The number of benzene rings is 2. The molecular formula is C13H10Cl3N. The first-order chi connectivity index (χ1) is 8.10. The minimum absolute atomic E-state index is 0.417. The maximum atomic E-state index is 5.99. The van der Waals surface area contributed by atoms with Crippen molar-refractivity contribution in [2.24, 2.45) is 5.73 Å². The second-order valence-corrected chi connectivity index (χ2v) is 4.97. The van der Waals surface area contributed by atoms with Gasteiger partial charge in [0.05, 0.1) is 0 Å². The Hall–Kier alpha value is -0.730. The Bertz CT molecular complexity index is 532. The van der Waals surface area contributed by atoms with Crippen molar-refractivity contribution in [3.63, 3.8) is 0 Å². The van der Waals surface area contributed by atoms with Crippen LogP contribution in [-0.4, -0.2) is 0 Å². The standard InChI is InChI=1S/C13H10Cl3N/c14-10-1-2-13(9(5-10)7-17)8-3-11(15)6-12(16)4-8/h1-6H,7,17H2. The van der Waals surface area contributed by atoms with E-state index < -0.39 is 0 Å². The van der Waals surface area contributed by atoms with Crippen molar-refractivity contribution in [2.45, 2.75) is 6.54 Å². The molecule has 2 N–H and O–H groups in total. The van der Waals surface area contributed by atoms with Crippen LogP contribution in [0.2, 0.25) is 15.1 Å². The molecule has 0 radical (unpaired) electrons. The van der Waals surface area contributed by atoms with Gasteiger partial charge in [0.15, 0.2) is 0 Å². The van der Waals surface area contributed by atoms with E-state index in [1.807, 2.05) is 30.3 Å². The van der Waals surface area contributed by atoms with E-state index in [0.29, 0.717) is 21.6 Å². The van der Waals surface area contributed by atoms with Gasteiger partial charge in [-0.2, -0.15) is 0 Å². The summed E-state index contributed by atoms with van der Waals surface area (Å²) in [7, 11) is 0. The number of nitrogens with two attached hydrogens (primary N) is 1. The van der Waals surface area contributed by atoms with E-state index in [9.17, 15) is 0 Å². The molecule has 0 saturated carbocycles. The predicted molar refractivity (Wildman–Crippen MR) is 74.8 cm³/mol. The molecule has 2 rings (SSSR count). The van der Waals surface area contributed by atoms with Gasteiger partial charge >= 0.3 is 0 Å². The third kappa shape index (κ3) is 2.93. The highest BCUT2D eigenvalue weighted by atomic mass is 35.5. The van der Waals surface area contributed by atoms with Crippen molar-refractivity contribution >= 4 is 34.8 Å². The summed E-state index contributed by atoms with van der Waals surface area (Å²) in [6, 6.07) is 11.0. The van der Waals surface area contributed by atoms with Gasteiger partial charge in [0, 0.05) is 21.6 Å². The molecule has 0 amide bonds. The van der Waals surface area contributed by atoms with Crippen molar-refractivity contribution < 1.29 is 0 Å². The molecule has 0 saturated heterocycles. The third-order valence-electron chi connectivity index (χ3n) is 2.46. The summed E-state index contributed by atoms with van der Waals surface area (Å²) in [5.41, 5.74) is 8.62. The molecule has 2 aromatic rings.